The normalized spacial score (nSPS) is 10.8. The number of carbonyl (C=O) groups is 2. The van der Waals surface area contributed by atoms with Gasteiger partial charge in [-0.25, -0.2) is 4.79 Å². The van der Waals surface area contributed by atoms with Gasteiger partial charge in [0.05, 0.1) is 11.3 Å². The highest BCUT2D eigenvalue weighted by Gasteiger charge is 2.14. The summed E-state index contributed by atoms with van der Waals surface area (Å²) in [4.78, 5) is 23.3. The van der Waals surface area contributed by atoms with Crippen molar-refractivity contribution < 1.29 is 14.7 Å². The van der Waals surface area contributed by atoms with Gasteiger partial charge in [0.1, 0.15) is 0 Å². The van der Waals surface area contributed by atoms with Gasteiger partial charge in [-0.15, -0.1) is 0 Å². The van der Waals surface area contributed by atoms with Crippen LogP contribution in [0.5, 0.6) is 0 Å². The first-order chi connectivity index (χ1) is 9.97. The zero-order valence-corrected chi connectivity index (χ0v) is 12.2. The number of fused-ring (bicyclic) bond motifs is 1. The standard InChI is InChI=1S/C17H19NO3/c1-11(2)7-8-16(19)18-15-10-13-6-4-3-5-12(13)9-14(15)17(20)21/h3-6,9-11H,7-8H2,1-2H3,(H,18,19)(H,20,21). The Morgan fingerprint density at radius 2 is 1.76 bits per heavy atom. The average Bonchev–Trinajstić information content (AvgIpc) is 2.44. The molecule has 0 aliphatic rings. The average molecular weight is 285 g/mol. The van der Waals surface area contributed by atoms with Gasteiger partial charge in [0.15, 0.2) is 0 Å². The highest BCUT2D eigenvalue weighted by molar-refractivity contribution is 6.05. The Morgan fingerprint density at radius 1 is 1.14 bits per heavy atom. The summed E-state index contributed by atoms with van der Waals surface area (Å²) >= 11 is 0. The lowest BCUT2D eigenvalue weighted by Crippen LogP contribution is -2.15. The summed E-state index contributed by atoms with van der Waals surface area (Å²) in [6.45, 7) is 4.10. The van der Waals surface area contributed by atoms with E-state index in [1.165, 1.54) is 0 Å². The predicted octanol–water partition coefficient (Wildman–Crippen LogP) is 3.91. The molecule has 4 heteroatoms. The second-order valence-corrected chi connectivity index (χ2v) is 5.53. The van der Waals surface area contributed by atoms with Crippen LogP contribution in [0, 0.1) is 5.92 Å². The van der Waals surface area contributed by atoms with Gasteiger partial charge in [0, 0.05) is 6.42 Å². The molecule has 0 bridgehead atoms. The first kappa shape index (κ1) is 15.0. The van der Waals surface area contributed by atoms with Crippen LogP contribution in [0.2, 0.25) is 0 Å². The summed E-state index contributed by atoms with van der Waals surface area (Å²) in [5.74, 6) is -0.757. The fourth-order valence-electron chi connectivity index (χ4n) is 2.15. The van der Waals surface area contributed by atoms with Crippen LogP contribution in [0.3, 0.4) is 0 Å². The number of aromatic carboxylic acids is 1. The van der Waals surface area contributed by atoms with Gasteiger partial charge in [0.2, 0.25) is 5.91 Å². The van der Waals surface area contributed by atoms with Crippen molar-refractivity contribution in [3.63, 3.8) is 0 Å². The molecule has 0 aromatic heterocycles. The van der Waals surface area contributed by atoms with Gasteiger partial charge in [0.25, 0.3) is 0 Å². The lowest BCUT2D eigenvalue weighted by molar-refractivity contribution is -0.116. The van der Waals surface area contributed by atoms with E-state index < -0.39 is 5.97 Å². The molecular formula is C17H19NO3. The van der Waals surface area contributed by atoms with Crippen molar-refractivity contribution in [2.75, 3.05) is 5.32 Å². The molecule has 0 spiro atoms. The van der Waals surface area contributed by atoms with Crippen LogP contribution in [-0.4, -0.2) is 17.0 Å². The Hall–Kier alpha value is -2.36. The van der Waals surface area contributed by atoms with E-state index in [0.717, 1.165) is 17.2 Å². The van der Waals surface area contributed by atoms with Crippen molar-refractivity contribution in [3.05, 3.63) is 42.0 Å². The van der Waals surface area contributed by atoms with E-state index in [0.29, 0.717) is 18.0 Å². The number of hydrogen-bond acceptors (Lipinski definition) is 2. The molecule has 1 amide bonds. The van der Waals surface area contributed by atoms with Crippen LogP contribution < -0.4 is 5.32 Å². The highest BCUT2D eigenvalue weighted by Crippen LogP contribution is 2.24. The molecule has 2 rings (SSSR count). The Bertz CT molecular complexity index is 677. The maximum absolute atomic E-state index is 11.9. The monoisotopic (exact) mass is 285 g/mol. The van der Waals surface area contributed by atoms with Crippen LogP contribution in [0.1, 0.15) is 37.0 Å². The summed E-state index contributed by atoms with van der Waals surface area (Å²) < 4.78 is 0. The van der Waals surface area contributed by atoms with Crippen LogP contribution in [0.25, 0.3) is 10.8 Å². The molecule has 0 unspecified atom stereocenters. The Labute approximate surface area is 123 Å². The SMILES string of the molecule is CC(C)CCC(=O)Nc1cc2ccccc2cc1C(=O)O. The third-order valence-electron chi connectivity index (χ3n) is 3.34. The summed E-state index contributed by atoms with van der Waals surface area (Å²) in [7, 11) is 0. The maximum Gasteiger partial charge on any atom is 0.337 e. The van der Waals surface area contributed by atoms with Gasteiger partial charge in [-0.1, -0.05) is 38.1 Å². The van der Waals surface area contributed by atoms with E-state index >= 15 is 0 Å². The van der Waals surface area contributed by atoms with Crippen molar-refractivity contribution in [2.24, 2.45) is 5.92 Å². The summed E-state index contributed by atoms with van der Waals surface area (Å²) in [6, 6.07) is 10.8. The lowest BCUT2D eigenvalue weighted by Gasteiger charge is -2.11. The van der Waals surface area contributed by atoms with Crippen LogP contribution in [-0.2, 0) is 4.79 Å². The predicted molar refractivity (Wildman–Crippen MR) is 83.6 cm³/mol. The first-order valence-electron chi connectivity index (χ1n) is 7.03. The number of hydrogen-bond donors (Lipinski definition) is 2. The molecule has 0 aliphatic carbocycles. The zero-order chi connectivity index (χ0) is 15.4. The van der Waals surface area contributed by atoms with Gasteiger partial charge < -0.3 is 10.4 Å². The Morgan fingerprint density at radius 3 is 2.33 bits per heavy atom. The van der Waals surface area contributed by atoms with E-state index in [1.807, 2.05) is 38.1 Å². The van der Waals surface area contributed by atoms with E-state index in [4.69, 9.17) is 0 Å². The van der Waals surface area contributed by atoms with Gasteiger partial charge in [-0.3, -0.25) is 4.79 Å². The Kier molecular flexibility index (Phi) is 4.58. The minimum atomic E-state index is -1.04. The molecule has 0 saturated heterocycles. The second kappa shape index (κ2) is 6.39. The smallest absolute Gasteiger partial charge is 0.337 e. The number of amides is 1. The van der Waals surface area contributed by atoms with Crippen molar-refractivity contribution >= 4 is 28.3 Å². The zero-order valence-electron chi connectivity index (χ0n) is 12.2. The molecule has 0 saturated carbocycles. The minimum Gasteiger partial charge on any atom is -0.478 e. The highest BCUT2D eigenvalue weighted by atomic mass is 16.4. The Balaban J connectivity index is 2.30. The van der Waals surface area contributed by atoms with Crippen LogP contribution in [0.4, 0.5) is 5.69 Å². The number of carboxylic acids is 1. The van der Waals surface area contributed by atoms with Gasteiger partial charge in [-0.2, -0.15) is 0 Å². The molecule has 2 aromatic carbocycles. The minimum absolute atomic E-state index is 0.117. The van der Waals surface area contributed by atoms with Crippen molar-refractivity contribution in [1.29, 1.82) is 0 Å². The van der Waals surface area contributed by atoms with E-state index in [1.54, 1.807) is 12.1 Å². The molecule has 0 radical (unpaired) electrons. The molecule has 0 aliphatic heterocycles. The number of rotatable bonds is 5. The maximum atomic E-state index is 11.9. The summed E-state index contributed by atoms with van der Waals surface area (Å²) in [6.07, 6.45) is 1.17. The molecular weight excluding hydrogens is 266 g/mol. The van der Waals surface area contributed by atoms with Crippen LogP contribution >= 0.6 is 0 Å². The fraction of sp³-hybridized carbons (Fsp3) is 0.294. The van der Waals surface area contributed by atoms with Crippen molar-refractivity contribution in [1.82, 2.24) is 0 Å². The van der Waals surface area contributed by atoms with E-state index in [9.17, 15) is 14.7 Å². The van der Waals surface area contributed by atoms with E-state index in [-0.39, 0.29) is 11.5 Å². The molecule has 2 aromatic rings. The van der Waals surface area contributed by atoms with Gasteiger partial charge in [-0.05, 0) is 35.2 Å². The molecule has 0 heterocycles. The van der Waals surface area contributed by atoms with Gasteiger partial charge >= 0.3 is 5.97 Å². The second-order valence-electron chi connectivity index (χ2n) is 5.53. The quantitative estimate of drug-likeness (QED) is 0.875. The number of anilines is 1. The van der Waals surface area contributed by atoms with Crippen molar-refractivity contribution in [3.8, 4) is 0 Å². The number of nitrogens with one attached hydrogen (secondary N) is 1. The molecule has 4 nitrogen and oxygen atoms in total. The third-order valence-corrected chi connectivity index (χ3v) is 3.34. The number of carboxylic acid groups (broad SMARTS) is 1. The summed E-state index contributed by atoms with van der Waals surface area (Å²) in [5, 5.41) is 13.8. The molecule has 21 heavy (non-hydrogen) atoms. The molecule has 0 atom stereocenters. The molecule has 110 valence electrons. The topological polar surface area (TPSA) is 66.4 Å². The molecule has 2 N–H and O–H groups in total. The number of benzene rings is 2. The first-order valence-corrected chi connectivity index (χ1v) is 7.03. The largest absolute Gasteiger partial charge is 0.478 e. The lowest BCUT2D eigenvalue weighted by atomic mass is 10.0. The summed E-state index contributed by atoms with van der Waals surface area (Å²) in [5.41, 5.74) is 0.474. The van der Waals surface area contributed by atoms with E-state index in [2.05, 4.69) is 5.32 Å². The van der Waals surface area contributed by atoms with Crippen LogP contribution in [0.15, 0.2) is 36.4 Å². The fourth-order valence-corrected chi connectivity index (χ4v) is 2.15. The molecule has 0 fully saturated rings. The van der Waals surface area contributed by atoms with Crippen molar-refractivity contribution in [2.45, 2.75) is 26.7 Å². The third kappa shape index (κ3) is 3.81. The number of carbonyl (C=O) groups excluding carboxylic acids is 1.